The minimum absolute atomic E-state index is 0. The minimum Gasteiger partial charge on any atom is -0.345 e. The van der Waals surface area contributed by atoms with E-state index in [1.807, 2.05) is 18.2 Å². The van der Waals surface area contributed by atoms with Crippen LogP contribution in [0.25, 0.3) is 0 Å². The second-order valence-corrected chi connectivity index (χ2v) is 4.55. The van der Waals surface area contributed by atoms with Gasteiger partial charge in [-0.2, -0.15) is 0 Å². The first-order chi connectivity index (χ1) is 8.27. The molecule has 1 fully saturated rings. The predicted molar refractivity (Wildman–Crippen MR) is 75.1 cm³/mol. The molecule has 3 nitrogen and oxygen atoms in total. The summed E-state index contributed by atoms with van der Waals surface area (Å²) >= 11 is 0. The summed E-state index contributed by atoms with van der Waals surface area (Å²) in [4.78, 5) is 2.26. The molecule has 1 aliphatic heterocycles. The molecule has 1 aromatic carbocycles. The highest BCUT2D eigenvalue weighted by molar-refractivity contribution is 5.85. The molecule has 0 N–H and O–H groups in total. The molecule has 0 bridgehead atoms. The molecule has 1 atom stereocenters. The summed E-state index contributed by atoms with van der Waals surface area (Å²) in [6.07, 6.45) is 1.00. The third-order valence-corrected chi connectivity index (χ3v) is 3.04. The second-order valence-electron chi connectivity index (χ2n) is 4.55. The van der Waals surface area contributed by atoms with Gasteiger partial charge >= 0.3 is 0 Å². The lowest BCUT2D eigenvalue weighted by Gasteiger charge is -2.41. The number of ether oxygens (including phenoxy) is 2. The molecular formula is C14H22ClNO2. The molecule has 1 saturated heterocycles. The normalized spacial score (nSPS) is 24.6. The van der Waals surface area contributed by atoms with Crippen LogP contribution in [-0.4, -0.2) is 38.3 Å². The molecule has 0 aliphatic carbocycles. The van der Waals surface area contributed by atoms with Crippen LogP contribution >= 0.6 is 12.4 Å². The number of rotatable bonds is 4. The number of hydrogen-bond acceptors (Lipinski definition) is 3. The van der Waals surface area contributed by atoms with Gasteiger partial charge in [-0.1, -0.05) is 37.3 Å². The minimum atomic E-state index is -0.579. The van der Waals surface area contributed by atoms with Crippen molar-refractivity contribution in [3.05, 3.63) is 35.9 Å². The van der Waals surface area contributed by atoms with Gasteiger partial charge in [0.1, 0.15) is 0 Å². The molecule has 0 radical (unpaired) electrons. The average molecular weight is 272 g/mol. The average Bonchev–Trinajstić information content (AvgIpc) is 2.37. The topological polar surface area (TPSA) is 21.7 Å². The van der Waals surface area contributed by atoms with Gasteiger partial charge < -0.3 is 9.47 Å². The highest BCUT2D eigenvalue weighted by Gasteiger charge is 2.38. The van der Waals surface area contributed by atoms with Crippen LogP contribution < -0.4 is 0 Å². The van der Waals surface area contributed by atoms with Crippen LogP contribution in [-0.2, 0) is 15.3 Å². The van der Waals surface area contributed by atoms with Gasteiger partial charge in [0.05, 0.1) is 19.8 Å². The molecule has 4 heteroatoms. The Labute approximate surface area is 115 Å². The van der Waals surface area contributed by atoms with E-state index < -0.39 is 5.79 Å². The monoisotopic (exact) mass is 271 g/mol. The van der Waals surface area contributed by atoms with Crippen LogP contribution in [0.4, 0.5) is 0 Å². The molecule has 1 aromatic rings. The summed E-state index contributed by atoms with van der Waals surface area (Å²) in [6.45, 7) is 5.31. The fourth-order valence-corrected chi connectivity index (χ4v) is 2.15. The maximum atomic E-state index is 6.01. The summed E-state index contributed by atoms with van der Waals surface area (Å²) < 4.78 is 12.0. The zero-order chi connectivity index (χ0) is 12.1. The third-order valence-electron chi connectivity index (χ3n) is 3.04. The maximum absolute atomic E-state index is 6.01. The van der Waals surface area contributed by atoms with E-state index in [0.29, 0.717) is 0 Å². The summed E-state index contributed by atoms with van der Waals surface area (Å²) in [5.74, 6) is -0.579. The van der Waals surface area contributed by atoms with E-state index in [1.54, 1.807) is 0 Å². The number of halogens is 1. The zero-order valence-corrected chi connectivity index (χ0v) is 11.9. The number of hydrogen-bond donors (Lipinski definition) is 0. The summed E-state index contributed by atoms with van der Waals surface area (Å²) in [6, 6.07) is 10.2. The van der Waals surface area contributed by atoms with Gasteiger partial charge in [0.2, 0.25) is 5.79 Å². The van der Waals surface area contributed by atoms with Gasteiger partial charge in [-0.15, -0.1) is 12.4 Å². The Morgan fingerprint density at radius 2 is 2.06 bits per heavy atom. The molecule has 1 unspecified atom stereocenters. The van der Waals surface area contributed by atoms with Crippen LogP contribution in [0, 0.1) is 0 Å². The molecule has 0 saturated carbocycles. The smallest absolute Gasteiger partial charge is 0.208 e. The zero-order valence-electron chi connectivity index (χ0n) is 11.1. The van der Waals surface area contributed by atoms with E-state index in [4.69, 9.17) is 9.47 Å². The highest BCUT2D eigenvalue weighted by atomic mass is 35.5. The number of nitrogens with zero attached hydrogens (tertiary/aromatic N) is 1. The Hall–Kier alpha value is -0.610. The summed E-state index contributed by atoms with van der Waals surface area (Å²) in [5, 5.41) is 0. The first-order valence-corrected chi connectivity index (χ1v) is 6.29. The van der Waals surface area contributed by atoms with Gasteiger partial charge in [0.15, 0.2) is 0 Å². The Kier molecular flexibility index (Phi) is 6.09. The van der Waals surface area contributed by atoms with Crippen LogP contribution in [0.1, 0.15) is 18.9 Å². The quantitative estimate of drug-likeness (QED) is 0.840. The van der Waals surface area contributed by atoms with Crippen molar-refractivity contribution in [3.63, 3.8) is 0 Å². The van der Waals surface area contributed by atoms with E-state index in [2.05, 4.69) is 31.0 Å². The van der Waals surface area contributed by atoms with Crippen molar-refractivity contribution in [2.75, 3.05) is 33.4 Å². The standard InChI is InChI=1S/C14H21NO2.ClH/c1-3-10-16-14(12-15(2)9-11-17-14)13-7-5-4-6-8-13;/h4-8H,3,9-12H2,1-2H3;1H. The molecule has 18 heavy (non-hydrogen) atoms. The lowest BCUT2D eigenvalue weighted by molar-refractivity contribution is -0.274. The van der Waals surface area contributed by atoms with Gasteiger partial charge in [0, 0.05) is 12.1 Å². The summed E-state index contributed by atoms with van der Waals surface area (Å²) in [5.41, 5.74) is 1.11. The van der Waals surface area contributed by atoms with Crippen molar-refractivity contribution in [2.24, 2.45) is 0 Å². The van der Waals surface area contributed by atoms with Crippen molar-refractivity contribution in [2.45, 2.75) is 19.1 Å². The first-order valence-electron chi connectivity index (χ1n) is 6.29. The molecule has 0 spiro atoms. The van der Waals surface area contributed by atoms with Gasteiger partial charge in [-0.25, -0.2) is 0 Å². The number of morpholine rings is 1. The van der Waals surface area contributed by atoms with Gasteiger partial charge in [-0.05, 0) is 13.5 Å². The highest BCUT2D eigenvalue weighted by Crippen LogP contribution is 2.30. The van der Waals surface area contributed by atoms with E-state index in [9.17, 15) is 0 Å². The van der Waals surface area contributed by atoms with E-state index in [-0.39, 0.29) is 12.4 Å². The Bertz CT molecular complexity index is 347. The molecule has 1 heterocycles. The lowest BCUT2D eigenvalue weighted by Crippen LogP contribution is -2.50. The van der Waals surface area contributed by atoms with Gasteiger partial charge in [-0.3, -0.25) is 4.90 Å². The molecule has 1 aliphatic rings. The molecule has 102 valence electrons. The molecular weight excluding hydrogens is 250 g/mol. The van der Waals surface area contributed by atoms with E-state index >= 15 is 0 Å². The van der Waals surface area contributed by atoms with E-state index in [0.717, 1.165) is 38.3 Å². The number of benzene rings is 1. The SMILES string of the molecule is CCCOC1(c2ccccc2)CN(C)CCO1.Cl. The fourth-order valence-electron chi connectivity index (χ4n) is 2.15. The Morgan fingerprint density at radius 1 is 1.33 bits per heavy atom. The van der Waals surface area contributed by atoms with Crippen LogP contribution in [0.3, 0.4) is 0 Å². The third kappa shape index (κ3) is 3.45. The fraction of sp³-hybridized carbons (Fsp3) is 0.571. The predicted octanol–water partition coefficient (Wildman–Crippen LogP) is 2.65. The Morgan fingerprint density at radius 3 is 2.67 bits per heavy atom. The second kappa shape index (κ2) is 7.10. The van der Waals surface area contributed by atoms with E-state index in [1.165, 1.54) is 0 Å². The van der Waals surface area contributed by atoms with Crippen molar-refractivity contribution < 1.29 is 9.47 Å². The largest absolute Gasteiger partial charge is 0.345 e. The van der Waals surface area contributed by atoms with Crippen LogP contribution in [0.2, 0.25) is 0 Å². The van der Waals surface area contributed by atoms with Crippen molar-refractivity contribution in [3.8, 4) is 0 Å². The molecule has 0 amide bonds. The Balaban J connectivity index is 0.00000162. The number of likely N-dealkylation sites (N-methyl/N-ethyl adjacent to an activating group) is 1. The van der Waals surface area contributed by atoms with Crippen molar-refractivity contribution >= 4 is 12.4 Å². The first kappa shape index (κ1) is 15.4. The van der Waals surface area contributed by atoms with Crippen molar-refractivity contribution in [1.82, 2.24) is 4.90 Å². The van der Waals surface area contributed by atoms with Crippen LogP contribution in [0.15, 0.2) is 30.3 Å². The van der Waals surface area contributed by atoms with Crippen LogP contribution in [0.5, 0.6) is 0 Å². The maximum Gasteiger partial charge on any atom is 0.208 e. The summed E-state index contributed by atoms with van der Waals surface area (Å²) in [7, 11) is 2.11. The van der Waals surface area contributed by atoms with Crippen molar-refractivity contribution in [1.29, 1.82) is 0 Å². The molecule has 0 aromatic heterocycles. The molecule has 2 rings (SSSR count). The lowest BCUT2D eigenvalue weighted by atomic mass is 10.0. The van der Waals surface area contributed by atoms with Gasteiger partial charge in [0.25, 0.3) is 0 Å².